The van der Waals surface area contributed by atoms with E-state index in [1.54, 1.807) is 21.3 Å². The summed E-state index contributed by atoms with van der Waals surface area (Å²) in [7, 11) is 5.19. The standard InChI is InChI=1S/C19H31N3O3/c1-15(13-23-3)22-18(20-2)21-14-19(9-11-25-12-10-19)16-5-7-17(24-4)8-6-16/h5-8,15H,9-14H2,1-4H3,(H2,20,21,22). The maximum atomic E-state index is 5.61. The van der Waals surface area contributed by atoms with E-state index in [9.17, 15) is 0 Å². The summed E-state index contributed by atoms with van der Waals surface area (Å²) < 4.78 is 16.1. The molecule has 1 unspecified atom stereocenters. The monoisotopic (exact) mass is 349 g/mol. The number of aliphatic imine (C=N–C) groups is 1. The quantitative estimate of drug-likeness (QED) is 0.582. The van der Waals surface area contributed by atoms with Crippen LogP contribution in [0.1, 0.15) is 25.3 Å². The van der Waals surface area contributed by atoms with Crippen molar-refractivity contribution in [2.24, 2.45) is 4.99 Å². The molecule has 1 aliphatic heterocycles. The second-order valence-electron chi connectivity index (χ2n) is 6.55. The van der Waals surface area contributed by atoms with Crippen LogP contribution in [0.25, 0.3) is 0 Å². The zero-order chi connectivity index (χ0) is 18.1. The number of nitrogens with one attached hydrogen (secondary N) is 2. The fourth-order valence-electron chi connectivity index (χ4n) is 3.25. The van der Waals surface area contributed by atoms with Gasteiger partial charge >= 0.3 is 0 Å². The van der Waals surface area contributed by atoms with Crippen LogP contribution in [0.5, 0.6) is 5.75 Å². The highest BCUT2D eigenvalue weighted by Gasteiger charge is 2.34. The minimum Gasteiger partial charge on any atom is -0.497 e. The van der Waals surface area contributed by atoms with Crippen LogP contribution in [0.15, 0.2) is 29.3 Å². The molecular formula is C19H31N3O3. The average molecular weight is 349 g/mol. The van der Waals surface area contributed by atoms with Crippen LogP contribution in [0.4, 0.5) is 0 Å². The van der Waals surface area contributed by atoms with E-state index in [2.05, 4.69) is 34.7 Å². The van der Waals surface area contributed by atoms with Crippen molar-refractivity contribution in [3.63, 3.8) is 0 Å². The van der Waals surface area contributed by atoms with E-state index in [1.165, 1.54) is 5.56 Å². The Labute approximate surface area is 151 Å². The number of hydrogen-bond acceptors (Lipinski definition) is 4. The van der Waals surface area contributed by atoms with Gasteiger partial charge in [-0.25, -0.2) is 0 Å². The number of methoxy groups -OCH3 is 2. The van der Waals surface area contributed by atoms with Crippen molar-refractivity contribution in [2.45, 2.75) is 31.2 Å². The molecule has 0 aliphatic carbocycles. The zero-order valence-electron chi connectivity index (χ0n) is 15.8. The lowest BCUT2D eigenvalue weighted by atomic mass is 9.74. The number of guanidine groups is 1. The Kier molecular flexibility index (Phi) is 7.52. The van der Waals surface area contributed by atoms with Crippen molar-refractivity contribution in [3.8, 4) is 5.75 Å². The van der Waals surface area contributed by atoms with Gasteiger partial charge in [0.1, 0.15) is 5.75 Å². The second-order valence-corrected chi connectivity index (χ2v) is 6.55. The van der Waals surface area contributed by atoms with Gasteiger partial charge in [-0.15, -0.1) is 0 Å². The molecule has 2 N–H and O–H groups in total. The van der Waals surface area contributed by atoms with Crippen molar-refractivity contribution in [1.29, 1.82) is 0 Å². The lowest BCUT2D eigenvalue weighted by Gasteiger charge is -2.38. The first-order valence-corrected chi connectivity index (χ1v) is 8.82. The minimum atomic E-state index is 0.0344. The van der Waals surface area contributed by atoms with Crippen LogP contribution in [-0.2, 0) is 14.9 Å². The molecule has 6 nitrogen and oxygen atoms in total. The molecule has 2 rings (SSSR count). The van der Waals surface area contributed by atoms with Crippen molar-refractivity contribution >= 4 is 5.96 Å². The maximum absolute atomic E-state index is 5.61. The summed E-state index contributed by atoms with van der Waals surface area (Å²) in [6.45, 7) is 5.07. The van der Waals surface area contributed by atoms with Crippen LogP contribution in [-0.4, -0.2) is 59.6 Å². The number of ether oxygens (including phenoxy) is 3. The van der Waals surface area contributed by atoms with Gasteiger partial charge in [0, 0.05) is 45.4 Å². The van der Waals surface area contributed by atoms with E-state index in [0.717, 1.165) is 44.3 Å². The van der Waals surface area contributed by atoms with Crippen molar-refractivity contribution in [3.05, 3.63) is 29.8 Å². The molecule has 0 saturated carbocycles. The van der Waals surface area contributed by atoms with Gasteiger partial charge in [0.15, 0.2) is 5.96 Å². The summed E-state index contributed by atoms with van der Waals surface area (Å²) in [6.07, 6.45) is 1.97. The second kappa shape index (κ2) is 9.63. The van der Waals surface area contributed by atoms with Crippen LogP contribution >= 0.6 is 0 Å². The number of hydrogen-bond donors (Lipinski definition) is 2. The fourth-order valence-corrected chi connectivity index (χ4v) is 3.25. The number of benzene rings is 1. The highest BCUT2D eigenvalue weighted by molar-refractivity contribution is 5.80. The smallest absolute Gasteiger partial charge is 0.191 e. The molecule has 1 aromatic carbocycles. The topological polar surface area (TPSA) is 64.1 Å². The van der Waals surface area contributed by atoms with Gasteiger partial charge in [-0.05, 0) is 37.5 Å². The Bertz CT molecular complexity index is 539. The lowest BCUT2D eigenvalue weighted by molar-refractivity contribution is 0.0513. The predicted molar refractivity (Wildman–Crippen MR) is 101 cm³/mol. The van der Waals surface area contributed by atoms with E-state index < -0.39 is 0 Å². The van der Waals surface area contributed by atoms with Gasteiger partial charge in [0.2, 0.25) is 0 Å². The Balaban J connectivity index is 2.08. The number of rotatable bonds is 7. The summed E-state index contributed by atoms with van der Waals surface area (Å²) in [4.78, 5) is 4.33. The van der Waals surface area contributed by atoms with Gasteiger partial charge < -0.3 is 24.8 Å². The number of nitrogens with zero attached hydrogens (tertiary/aromatic N) is 1. The third-order valence-electron chi connectivity index (χ3n) is 4.77. The van der Waals surface area contributed by atoms with Gasteiger partial charge in [-0.3, -0.25) is 4.99 Å². The molecule has 25 heavy (non-hydrogen) atoms. The summed E-state index contributed by atoms with van der Waals surface area (Å²) >= 11 is 0. The molecule has 0 radical (unpaired) electrons. The molecule has 0 bridgehead atoms. The third kappa shape index (κ3) is 5.34. The largest absolute Gasteiger partial charge is 0.497 e. The van der Waals surface area contributed by atoms with Gasteiger partial charge in [-0.1, -0.05) is 12.1 Å². The van der Waals surface area contributed by atoms with Gasteiger partial charge in [0.05, 0.1) is 13.7 Å². The highest BCUT2D eigenvalue weighted by atomic mass is 16.5. The normalized spacial score (nSPS) is 18.5. The average Bonchev–Trinajstić information content (AvgIpc) is 2.66. The van der Waals surface area contributed by atoms with E-state index in [4.69, 9.17) is 14.2 Å². The molecule has 1 atom stereocenters. The SMILES string of the molecule is CN=C(NCC1(c2ccc(OC)cc2)CCOCC1)NC(C)COC. The van der Waals surface area contributed by atoms with Crippen molar-refractivity contribution < 1.29 is 14.2 Å². The molecule has 1 aliphatic rings. The molecule has 1 fully saturated rings. The van der Waals surface area contributed by atoms with Gasteiger partial charge in [-0.2, -0.15) is 0 Å². The first-order chi connectivity index (χ1) is 12.1. The predicted octanol–water partition coefficient (Wildman–Crippen LogP) is 1.94. The van der Waals surface area contributed by atoms with Crippen LogP contribution in [0.2, 0.25) is 0 Å². The minimum absolute atomic E-state index is 0.0344. The molecule has 0 aromatic heterocycles. The molecule has 0 spiro atoms. The summed E-state index contributed by atoms with van der Waals surface area (Å²) in [5.74, 6) is 1.67. The maximum Gasteiger partial charge on any atom is 0.191 e. The van der Waals surface area contributed by atoms with E-state index in [1.807, 2.05) is 12.1 Å². The van der Waals surface area contributed by atoms with Crippen LogP contribution in [0.3, 0.4) is 0 Å². The van der Waals surface area contributed by atoms with Crippen LogP contribution < -0.4 is 15.4 Å². The zero-order valence-corrected chi connectivity index (χ0v) is 15.8. The summed E-state index contributed by atoms with van der Waals surface area (Å²) in [5, 5.41) is 6.85. The molecule has 1 aromatic rings. The lowest BCUT2D eigenvalue weighted by Crippen LogP contribution is -2.50. The highest BCUT2D eigenvalue weighted by Crippen LogP contribution is 2.35. The first kappa shape index (κ1) is 19.5. The molecule has 1 heterocycles. The van der Waals surface area contributed by atoms with Crippen molar-refractivity contribution in [1.82, 2.24) is 10.6 Å². The fraction of sp³-hybridized carbons (Fsp3) is 0.632. The molecule has 140 valence electrons. The molecule has 6 heteroatoms. The van der Waals surface area contributed by atoms with Crippen LogP contribution in [0, 0.1) is 0 Å². The van der Waals surface area contributed by atoms with E-state index in [-0.39, 0.29) is 11.5 Å². The summed E-state index contributed by atoms with van der Waals surface area (Å²) in [6, 6.07) is 8.58. The molecular weight excluding hydrogens is 318 g/mol. The third-order valence-corrected chi connectivity index (χ3v) is 4.77. The van der Waals surface area contributed by atoms with Crippen molar-refractivity contribution in [2.75, 3.05) is 47.6 Å². The molecule has 1 saturated heterocycles. The van der Waals surface area contributed by atoms with E-state index in [0.29, 0.717) is 6.61 Å². The Morgan fingerprint density at radius 1 is 1.24 bits per heavy atom. The summed E-state index contributed by atoms with van der Waals surface area (Å²) in [5.41, 5.74) is 1.34. The van der Waals surface area contributed by atoms with E-state index >= 15 is 0 Å². The Morgan fingerprint density at radius 3 is 2.48 bits per heavy atom. The first-order valence-electron chi connectivity index (χ1n) is 8.82. The Hall–Kier alpha value is -1.79. The molecule has 0 amide bonds. The Morgan fingerprint density at radius 2 is 1.92 bits per heavy atom. The van der Waals surface area contributed by atoms with Gasteiger partial charge in [0.25, 0.3) is 0 Å².